The zero-order valence-electron chi connectivity index (χ0n) is 13.1. The van der Waals surface area contributed by atoms with Crippen molar-refractivity contribution in [2.45, 2.75) is 39.7 Å². The fraction of sp³-hybridized carbons (Fsp3) is 0.562. The number of ether oxygens (including phenoxy) is 1. The summed E-state index contributed by atoms with van der Waals surface area (Å²) in [6, 6.07) is 6.62. The highest BCUT2D eigenvalue weighted by molar-refractivity contribution is 5.96. The normalized spacial score (nSPS) is 10.8. The van der Waals surface area contributed by atoms with Crippen molar-refractivity contribution in [2.24, 2.45) is 5.73 Å². The van der Waals surface area contributed by atoms with E-state index in [0.29, 0.717) is 12.6 Å². The van der Waals surface area contributed by atoms with Crippen LogP contribution in [0.5, 0.6) is 0 Å². The number of hydrogen-bond acceptors (Lipinski definition) is 3. The number of rotatable bonds is 8. The summed E-state index contributed by atoms with van der Waals surface area (Å²) in [5.41, 5.74) is 8.62. The summed E-state index contributed by atoms with van der Waals surface area (Å²) in [7, 11) is 1.73. The van der Waals surface area contributed by atoms with Crippen LogP contribution in [0.2, 0.25) is 0 Å². The number of nitrogens with zero attached hydrogens (tertiary/aromatic N) is 1. The summed E-state index contributed by atoms with van der Waals surface area (Å²) in [6.07, 6.45) is 2.21. The van der Waals surface area contributed by atoms with Crippen LogP contribution >= 0.6 is 0 Å². The fourth-order valence-electron chi connectivity index (χ4n) is 2.57. The lowest BCUT2D eigenvalue weighted by molar-refractivity contribution is 0.202. The quantitative estimate of drug-likeness (QED) is 0.567. The van der Waals surface area contributed by atoms with Crippen molar-refractivity contribution >= 4 is 11.5 Å². The number of nitrogen functional groups attached to an aromatic ring is 1. The topological polar surface area (TPSA) is 62.3 Å². The van der Waals surface area contributed by atoms with Crippen LogP contribution in [-0.2, 0) is 4.74 Å². The van der Waals surface area contributed by atoms with Crippen LogP contribution in [0.25, 0.3) is 0 Å². The van der Waals surface area contributed by atoms with Gasteiger partial charge in [-0.2, -0.15) is 0 Å². The second-order valence-corrected chi connectivity index (χ2v) is 5.07. The Labute approximate surface area is 122 Å². The van der Waals surface area contributed by atoms with Crippen LogP contribution in [-0.4, -0.2) is 32.1 Å². The Morgan fingerprint density at radius 3 is 2.45 bits per heavy atom. The summed E-state index contributed by atoms with van der Waals surface area (Å²) in [5.74, 6) is 0.125. The number of anilines is 1. The van der Waals surface area contributed by atoms with Crippen LogP contribution in [0, 0.1) is 12.3 Å². The van der Waals surface area contributed by atoms with Crippen molar-refractivity contribution in [1.82, 2.24) is 0 Å². The van der Waals surface area contributed by atoms with Gasteiger partial charge >= 0.3 is 0 Å². The van der Waals surface area contributed by atoms with Crippen molar-refractivity contribution in [3.8, 4) is 0 Å². The van der Waals surface area contributed by atoms with Gasteiger partial charge < -0.3 is 15.4 Å². The van der Waals surface area contributed by atoms with E-state index in [-0.39, 0.29) is 5.84 Å². The number of benzene rings is 1. The maximum Gasteiger partial charge on any atom is 0.123 e. The van der Waals surface area contributed by atoms with Crippen LogP contribution in [0.1, 0.15) is 37.8 Å². The first-order valence-electron chi connectivity index (χ1n) is 7.25. The Hall–Kier alpha value is -1.55. The van der Waals surface area contributed by atoms with E-state index in [1.54, 1.807) is 7.11 Å². The summed E-state index contributed by atoms with van der Waals surface area (Å²) in [5, 5.41) is 7.57. The summed E-state index contributed by atoms with van der Waals surface area (Å²) < 4.78 is 5.23. The lowest BCUT2D eigenvalue weighted by Gasteiger charge is -2.33. The minimum Gasteiger partial charge on any atom is -0.384 e. The van der Waals surface area contributed by atoms with E-state index in [1.807, 2.05) is 13.0 Å². The molecule has 1 aromatic rings. The highest BCUT2D eigenvalue weighted by atomic mass is 16.5. The van der Waals surface area contributed by atoms with Crippen LogP contribution in [0.3, 0.4) is 0 Å². The van der Waals surface area contributed by atoms with E-state index in [1.165, 1.54) is 5.69 Å². The molecule has 0 amide bonds. The first-order chi connectivity index (χ1) is 9.54. The van der Waals surface area contributed by atoms with E-state index in [2.05, 4.69) is 30.9 Å². The van der Waals surface area contributed by atoms with Crippen molar-refractivity contribution < 1.29 is 4.74 Å². The molecule has 0 atom stereocenters. The largest absolute Gasteiger partial charge is 0.384 e. The number of aryl methyl sites for hydroxylation is 1. The predicted molar refractivity (Wildman–Crippen MR) is 85.8 cm³/mol. The van der Waals surface area contributed by atoms with Gasteiger partial charge in [-0.1, -0.05) is 13.8 Å². The Balaban J connectivity index is 3.06. The molecule has 0 aliphatic carbocycles. The summed E-state index contributed by atoms with van der Waals surface area (Å²) >= 11 is 0. The van der Waals surface area contributed by atoms with Gasteiger partial charge in [0.05, 0.1) is 6.61 Å². The van der Waals surface area contributed by atoms with E-state index in [4.69, 9.17) is 15.9 Å². The minimum absolute atomic E-state index is 0.125. The highest BCUT2D eigenvalue weighted by Gasteiger charge is 2.16. The monoisotopic (exact) mass is 277 g/mol. The molecule has 0 aromatic heterocycles. The third-order valence-electron chi connectivity index (χ3n) is 3.75. The molecule has 0 radical (unpaired) electrons. The highest BCUT2D eigenvalue weighted by Crippen LogP contribution is 2.23. The maximum absolute atomic E-state index is 7.57. The molecule has 112 valence electrons. The molecular formula is C16H27N3O. The molecule has 20 heavy (non-hydrogen) atoms. The van der Waals surface area contributed by atoms with Gasteiger partial charge in [0.15, 0.2) is 0 Å². The van der Waals surface area contributed by atoms with Crippen molar-refractivity contribution in [2.75, 3.05) is 25.2 Å². The van der Waals surface area contributed by atoms with Gasteiger partial charge in [0.25, 0.3) is 0 Å². The van der Waals surface area contributed by atoms with Gasteiger partial charge in [0.2, 0.25) is 0 Å². The zero-order valence-corrected chi connectivity index (χ0v) is 13.1. The minimum atomic E-state index is 0.125. The standard InChI is InChI=1S/C16H27N3O/c1-5-13(6-2)19(9-10-20-4)14-7-8-15(16(17)18)12(3)11-14/h7-8,11,13H,5-6,9-10H2,1-4H3,(H3,17,18). The van der Waals surface area contributed by atoms with E-state index >= 15 is 0 Å². The molecular weight excluding hydrogens is 250 g/mol. The Morgan fingerprint density at radius 1 is 1.35 bits per heavy atom. The van der Waals surface area contributed by atoms with Gasteiger partial charge in [0.1, 0.15) is 5.84 Å². The molecule has 0 spiro atoms. The van der Waals surface area contributed by atoms with Gasteiger partial charge in [-0.05, 0) is 43.5 Å². The van der Waals surface area contributed by atoms with E-state index < -0.39 is 0 Å². The first kappa shape index (κ1) is 16.5. The smallest absolute Gasteiger partial charge is 0.123 e. The molecule has 0 fully saturated rings. The second kappa shape index (κ2) is 7.90. The fourth-order valence-corrected chi connectivity index (χ4v) is 2.57. The second-order valence-electron chi connectivity index (χ2n) is 5.07. The number of methoxy groups -OCH3 is 1. The summed E-state index contributed by atoms with van der Waals surface area (Å²) in [4.78, 5) is 2.39. The van der Waals surface area contributed by atoms with E-state index in [0.717, 1.165) is 30.5 Å². The van der Waals surface area contributed by atoms with Gasteiger partial charge in [-0.15, -0.1) is 0 Å². The number of nitrogens with one attached hydrogen (secondary N) is 1. The van der Waals surface area contributed by atoms with Gasteiger partial charge in [-0.3, -0.25) is 5.41 Å². The Kier molecular flexibility index (Phi) is 6.52. The summed E-state index contributed by atoms with van der Waals surface area (Å²) in [6.45, 7) is 8.02. The average Bonchev–Trinajstić information content (AvgIpc) is 2.43. The zero-order chi connectivity index (χ0) is 15.1. The SMILES string of the molecule is CCC(CC)N(CCOC)c1ccc(C(=N)N)c(C)c1. The molecule has 3 N–H and O–H groups in total. The molecule has 0 heterocycles. The number of nitrogens with two attached hydrogens (primary N) is 1. The maximum atomic E-state index is 7.57. The van der Waals surface area contributed by atoms with Gasteiger partial charge in [-0.25, -0.2) is 0 Å². The van der Waals surface area contributed by atoms with E-state index in [9.17, 15) is 0 Å². The lowest BCUT2D eigenvalue weighted by atomic mass is 10.0. The number of hydrogen-bond donors (Lipinski definition) is 2. The molecule has 0 aliphatic rings. The molecule has 0 saturated heterocycles. The van der Waals surface area contributed by atoms with Crippen LogP contribution < -0.4 is 10.6 Å². The molecule has 4 nitrogen and oxygen atoms in total. The molecule has 0 aliphatic heterocycles. The Morgan fingerprint density at radius 2 is 2.00 bits per heavy atom. The van der Waals surface area contributed by atoms with Crippen molar-refractivity contribution in [3.05, 3.63) is 29.3 Å². The molecule has 0 bridgehead atoms. The molecule has 0 saturated carbocycles. The van der Waals surface area contributed by atoms with Crippen LogP contribution in [0.15, 0.2) is 18.2 Å². The third-order valence-corrected chi connectivity index (χ3v) is 3.75. The van der Waals surface area contributed by atoms with Crippen LogP contribution in [0.4, 0.5) is 5.69 Å². The molecule has 0 unspecified atom stereocenters. The third kappa shape index (κ3) is 3.97. The van der Waals surface area contributed by atoms with Crippen molar-refractivity contribution in [1.29, 1.82) is 5.41 Å². The average molecular weight is 277 g/mol. The molecule has 4 heteroatoms. The first-order valence-corrected chi connectivity index (χ1v) is 7.25. The number of amidine groups is 1. The Bertz CT molecular complexity index is 441. The lowest BCUT2D eigenvalue weighted by Crippen LogP contribution is -2.37. The van der Waals surface area contributed by atoms with Gasteiger partial charge in [0, 0.05) is 30.9 Å². The molecule has 1 aromatic carbocycles. The van der Waals surface area contributed by atoms with Crippen molar-refractivity contribution in [3.63, 3.8) is 0 Å². The predicted octanol–water partition coefficient (Wildman–Crippen LogP) is 2.92. The molecule has 1 rings (SSSR count).